The highest BCUT2D eigenvalue weighted by molar-refractivity contribution is 8.00. The number of nitrogens with one attached hydrogen (secondary N) is 1. The minimum absolute atomic E-state index is 0.00429. The number of nitrogens with zero attached hydrogens (tertiary/aromatic N) is 3. The van der Waals surface area contributed by atoms with Crippen LogP contribution in [-0.4, -0.2) is 50.9 Å². The van der Waals surface area contributed by atoms with Crippen molar-refractivity contribution < 1.29 is 22.8 Å². The maximum atomic E-state index is 13.4. The van der Waals surface area contributed by atoms with Crippen molar-refractivity contribution in [2.75, 3.05) is 18.8 Å². The van der Waals surface area contributed by atoms with Crippen molar-refractivity contribution in [3.63, 3.8) is 0 Å². The van der Waals surface area contributed by atoms with E-state index in [0.717, 1.165) is 39.5 Å². The number of aromatic nitrogens is 2. The normalized spacial score (nSPS) is 16.0. The van der Waals surface area contributed by atoms with E-state index in [1.807, 2.05) is 38.1 Å². The third-order valence-corrected chi connectivity index (χ3v) is 7.52. The van der Waals surface area contributed by atoms with Gasteiger partial charge in [0.05, 0.1) is 26.4 Å². The molecular formula is C23H21F3N4O2S2. The number of thioether (sulfide) groups is 1. The standard InChI is InChI=1S/C23H21F3N4O2S2/c1-13-4-3-5-15(10-13)20-19(29-14(2)34-20)22(32)30-8-9-33-18(30)12-28-21(31)16-11-27-7-6-17(16)23(24,25)26/h3-7,10-11,18H,8-9,12H2,1-2H3,(H,28,31). The van der Waals surface area contributed by atoms with E-state index in [1.54, 1.807) is 4.90 Å². The summed E-state index contributed by atoms with van der Waals surface area (Å²) in [5.41, 5.74) is 0.717. The zero-order valence-corrected chi connectivity index (χ0v) is 20.0. The average molecular weight is 507 g/mol. The molecule has 0 spiro atoms. The Morgan fingerprint density at radius 2 is 2.03 bits per heavy atom. The molecule has 178 valence electrons. The Kier molecular flexibility index (Phi) is 6.94. The number of alkyl halides is 3. The molecule has 1 aromatic carbocycles. The van der Waals surface area contributed by atoms with Gasteiger partial charge in [-0.15, -0.1) is 23.1 Å². The second-order valence-corrected chi connectivity index (χ2v) is 10.2. The van der Waals surface area contributed by atoms with Crippen molar-refractivity contribution in [2.24, 2.45) is 0 Å². The second-order valence-electron chi connectivity index (χ2n) is 7.73. The van der Waals surface area contributed by atoms with Crippen LogP contribution >= 0.6 is 23.1 Å². The zero-order valence-electron chi connectivity index (χ0n) is 18.3. The van der Waals surface area contributed by atoms with E-state index in [0.29, 0.717) is 18.0 Å². The summed E-state index contributed by atoms with van der Waals surface area (Å²) < 4.78 is 39.7. The van der Waals surface area contributed by atoms with E-state index < -0.39 is 28.6 Å². The fourth-order valence-corrected chi connectivity index (χ4v) is 5.77. The lowest BCUT2D eigenvalue weighted by atomic mass is 10.1. The van der Waals surface area contributed by atoms with Crippen molar-refractivity contribution in [2.45, 2.75) is 25.4 Å². The number of carbonyl (C=O) groups excluding carboxylic acids is 2. The molecule has 0 aliphatic carbocycles. The van der Waals surface area contributed by atoms with Crippen molar-refractivity contribution in [1.82, 2.24) is 20.2 Å². The van der Waals surface area contributed by atoms with Crippen LogP contribution in [0.25, 0.3) is 10.4 Å². The van der Waals surface area contributed by atoms with Gasteiger partial charge < -0.3 is 10.2 Å². The van der Waals surface area contributed by atoms with E-state index in [2.05, 4.69) is 15.3 Å². The van der Waals surface area contributed by atoms with Gasteiger partial charge in [-0.2, -0.15) is 13.2 Å². The van der Waals surface area contributed by atoms with Crippen LogP contribution in [0.4, 0.5) is 13.2 Å². The molecule has 3 heterocycles. The molecule has 1 fully saturated rings. The summed E-state index contributed by atoms with van der Waals surface area (Å²) in [7, 11) is 0. The van der Waals surface area contributed by atoms with Gasteiger partial charge >= 0.3 is 6.18 Å². The number of carbonyl (C=O) groups is 2. The minimum Gasteiger partial charge on any atom is -0.349 e. The fraction of sp³-hybridized carbons (Fsp3) is 0.304. The smallest absolute Gasteiger partial charge is 0.349 e. The predicted octanol–water partition coefficient (Wildman–Crippen LogP) is 4.79. The van der Waals surface area contributed by atoms with Crippen LogP contribution in [0.1, 0.15) is 37.0 Å². The van der Waals surface area contributed by atoms with Crippen LogP contribution < -0.4 is 5.32 Å². The highest BCUT2D eigenvalue weighted by atomic mass is 32.2. The lowest BCUT2D eigenvalue weighted by molar-refractivity contribution is -0.138. The van der Waals surface area contributed by atoms with Crippen LogP contribution in [-0.2, 0) is 6.18 Å². The zero-order chi connectivity index (χ0) is 24.5. The number of thiazole rings is 1. The maximum absolute atomic E-state index is 13.4. The Labute approximate surface area is 202 Å². The Morgan fingerprint density at radius 1 is 1.24 bits per heavy atom. The molecule has 1 unspecified atom stereocenters. The Balaban J connectivity index is 1.51. The quantitative estimate of drug-likeness (QED) is 0.539. The molecule has 1 aliphatic heterocycles. The first-order valence-corrected chi connectivity index (χ1v) is 12.3. The number of aryl methyl sites for hydroxylation is 2. The molecule has 4 rings (SSSR count). The number of hydrogen-bond donors (Lipinski definition) is 1. The summed E-state index contributed by atoms with van der Waals surface area (Å²) in [6.45, 7) is 4.27. The molecule has 0 radical (unpaired) electrons. The molecule has 0 saturated carbocycles. The van der Waals surface area contributed by atoms with Crippen LogP contribution in [0.3, 0.4) is 0 Å². The lowest BCUT2D eigenvalue weighted by Crippen LogP contribution is -2.42. The van der Waals surface area contributed by atoms with E-state index >= 15 is 0 Å². The Morgan fingerprint density at radius 3 is 2.76 bits per heavy atom. The van der Waals surface area contributed by atoms with Crippen molar-refractivity contribution in [3.8, 4) is 10.4 Å². The van der Waals surface area contributed by atoms with Crippen molar-refractivity contribution in [3.05, 3.63) is 70.1 Å². The molecule has 2 aromatic heterocycles. The molecule has 1 aliphatic rings. The van der Waals surface area contributed by atoms with E-state index in [-0.39, 0.29) is 12.5 Å². The molecule has 1 atom stereocenters. The molecular weight excluding hydrogens is 485 g/mol. The molecule has 3 aromatic rings. The minimum atomic E-state index is -4.67. The number of amides is 2. The van der Waals surface area contributed by atoms with Gasteiger partial charge in [0.15, 0.2) is 0 Å². The number of hydrogen-bond acceptors (Lipinski definition) is 6. The third-order valence-electron chi connectivity index (χ3n) is 5.28. The summed E-state index contributed by atoms with van der Waals surface area (Å²) in [6.07, 6.45) is -2.78. The van der Waals surface area contributed by atoms with Gasteiger partial charge in [0, 0.05) is 31.2 Å². The number of rotatable bonds is 5. The van der Waals surface area contributed by atoms with Crippen LogP contribution in [0.15, 0.2) is 42.7 Å². The number of halogens is 3. The fourth-order valence-electron chi connectivity index (χ4n) is 3.71. The van der Waals surface area contributed by atoms with Gasteiger partial charge in [0.25, 0.3) is 11.8 Å². The Hall–Kier alpha value is -2.92. The van der Waals surface area contributed by atoms with Crippen LogP contribution in [0.5, 0.6) is 0 Å². The van der Waals surface area contributed by atoms with Gasteiger partial charge in [-0.25, -0.2) is 4.98 Å². The van der Waals surface area contributed by atoms with Crippen LogP contribution in [0.2, 0.25) is 0 Å². The van der Waals surface area contributed by atoms with Gasteiger partial charge in [-0.3, -0.25) is 14.6 Å². The lowest BCUT2D eigenvalue weighted by Gasteiger charge is -2.24. The SMILES string of the molecule is Cc1cccc(-c2sc(C)nc2C(=O)N2CCSC2CNC(=O)c2cnccc2C(F)(F)F)c1. The highest BCUT2D eigenvalue weighted by Crippen LogP contribution is 2.34. The molecule has 11 heteroatoms. The summed E-state index contributed by atoms with van der Waals surface area (Å²) in [6, 6.07) is 8.59. The largest absolute Gasteiger partial charge is 0.417 e. The summed E-state index contributed by atoms with van der Waals surface area (Å²) in [5.74, 6) is -0.497. The molecule has 6 nitrogen and oxygen atoms in total. The first-order valence-electron chi connectivity index (χ1n) is 10.4. The van der Waals surface area contributed by atoms with Gasteiger partial charge in [0.1, 0.15) is 5.69 Å². The van der Waals surface area contributed by atoms with Gasteiger partial charge in [-0.05, 0) is 25.5 Å². The molecule has 2 amide bonds. The van der Waals surface area contributed by atoms with E-state index in [1.165, 1.54) is 23.1 Å². The third kappa shape index (κ3) is 5.10. The predicted molar refractivity (Wildman–Crippen MR) is 126 cm³/mol. The van der Waals surface area contributed by atoms with Gasteiger partial charge in [-0.1, -0.05) is 29.8 Å². The van der Waals surface area contributed by atoms with Crippen molar-refractivity contribution >= 4 is 34.9 Å². The average Bonchev–Trinajstić information content (AvgIpc) is 3.43. The first-order chi connectivity index (χ1) is 16.1. The topological polar surface area (TPSA) is 75.2 Å². The summed E-state index contributed by atoms with van der Waals surface area (Å²) in [5, 5.41) is 2.87. The number of benzene rings is 1. The van der Waals surface area contributed by atoms with Crippen LogP contribution in [0, 0.1) is 13.8 Å². The summed E-state index contributed by atoms with van der Waals surface area (Å²) in [4.78, 5) is 36.5. The first kappa shape index (κ1) is 24.2. The monoisotopic (exact) mass is 506 g/mol. The molecule has 1 N–H and O–H groups in total. The maximum Gasteiger partial charge on any atom is 0.417 e. The van der Waals surface area contributed by atoms with E-state index in [9.17, 15) is 22.8 Å². The second kappa shape index (κ2) is 9.75. The van der Waals surface area contributed by atoms with Crippen molar-refractivity contribution in [1.29, 1.82) is 0 Å². The Bertz CT molecular complexity index is 1230. The molecule has 34 heavy (non-hydrogen) atoms. The van der Waals surface area contributed by atoms with Gasteiger partial charge in [0.2, 0.25) is 0 Å². The molecule has 1 saturated heterocycles. The number of pyridine rings is 1. The summed E-state index contributed by atoms with van der Waals surface area (Å²) >= 11 is 2.89. The highest BCUT2D eigenvalue weighted by Gasteiger charge is 2.36. The molecule has 0 bridgehead atoms. The van der Waals surface area contributed by atoms with E-state index in [4.69, 9.17) is 0 Å².